The number of rotatable bonds is 4. The Morgan fingerprint density at radius 1 is 1.38 bits per heavy atom. The summed E-state index contributed by atoms with van der Waals surface area (Å²) < 4.78 is 13.7. The first kappa shape index (κ1) is 12.9. The number of aliphatic hydroxyl groups is 2. The first-order chi connectivity index (χ1) is 7.49. The summed E-state index contributed by atoms with van der Waals surface area (Å²) in [5.74, 6) is -0.388. The Kier molecular flexibility index (Phi) is 4.26. The van der Waals surface area contributed by atoms with Crippen LogP contribution in [-0.4, -0.2) is 29.9 Å². The van der Waals surface area contributed by atoms with E-state index < -0.39 is 6.10 Å². The normalized spacial score (nSPS) is 14.6. The van der Waals surface area contributed by atoms with Crippen LogP contribution in [0.15, 0.2) is 18.2 Å². The number of likely N-dealkylation sites (N-methyl/N-ethyl adjacent to an activating group) is 1. The number of hydrogen-bond acceptors (Lipinski definition) is 3. The topological polar surface area (TPSA) is 43.7 Å². The molecule has 1 aromatic rings. The Bertz CT molecular complexity index is 355. The zero-order valence-electron chi connectivity index (χ0n) is 9.81. The molecule has 0 aliphatic heterocycles. The molecule has 0 aliphatic rings. The van der Waals surface area contributed by atoms with Gasteiger partial charge in [0.2, 0.25) is 0 Å². The number of anilines is 1. The van der Waals surface area contributed by atoms with Crippen molar-refractivity contribution < 1.29 is 14.6 Å². The van der Waals surface area contributed by atoms with E-state index in [1.807, 2.05) is 0 Å². The average molecular weight is 227 g/mol. The van der Waals surface area contributed by atoms with Crippen molar-refractivity contribution in [3.63, 3.8) is 0 Å². The fraction of sp³-hybridized carbons (Fsp3) is 0.500. The van der Waals surface area contributed by atoms with Gasteiger partial charge < -0.3 is 15.1 Å². The third-order valence-electron chi connectivity index (χ3n) is 2.75. The third-order valence-corrected chi connectivity index (χ3v) is 2.75. The number of para-hydroxylation sites is 1. The monoisotopic (exact) mass is 227 g/mol. The van der Waals surface area contributed by atoms with Gasteiger partial charge in [-0.1, -0.05) is 12.1 Å². The molecule has 0 radical (unpaired) electrons. The number of benzene rings is 1. The lowest BCUT2D eigenvalue weighted by Gasteiger charge is -2.28. The Morgan fingerprint density at radius 2 is 2.00 bits per heavy atom. The second-order valence-electron chi connectivity index (χ2n) is 4.00. The zero-order chi connectivity index (χ0) is 12.3. The van der Waals surface area contributed by atoms with Crippen LogP contribution in [0.2, 0.25) is 0 Å². The molecule has 90 valence electrons. The maximum Gasteiger partial charge on any atom is 0.146 e. The first-order valence-corrected chi connectivity index (χ1v) is 5.29. The van der Waals surface area contributed by atoms with E-state index in [2.05, 4.69) is 0 Å². The second-order valence-corrected chi connectivity index (χ2v) is 4.00. The highest BCUT2D eigenvalue weighted by Gasteiger charge is 2.19. The van der Waals surface area contributed by atoms with Gasteiger partial charge in [0.05, 0.1) is 18.4 Å². The van der Waals surface area contributed by atoms with Crippen molar-refractivity contribution >= 4 is 5.69 Å². The molecular formula is C12H18FNO2. The molecule has 0 saturated carbocycles. The van der Waals surface area contributed by atoms with Crippen LogP contribution in [0, 0.1) is 5.82 Å². The fourth-order valence-electron chi connectivity index (χ4n) is 1.58. The Hall–Kier alpha value is -1.13. The molecule has 1 rings (SSSR count). The van der Waals surface area contributed by atoms with Gasteiger partial charge in [-0.15, -0.1) is 0 Å². The lowest BCUT2D eigenvalue weighted by atomic mass is 10.1. The highest BCUT2D eigenvalue weighted by atomic mass is 19.1. The van der Waals surface area contributed by atoms with Crippen molar-refractivity contribution in [3.05, 3.63) is 29.6 Å². The minimum Gasteiger partial charge on any atom is -0.394 e. The van der Waals surface area contributed by atoms with Gasteiger partial charge in [0.15, 0.2) is 0 Å². The molecule has 1 aromatic carbocycles. The van der Waals surface area contributed by atoms with Gasteiger partial charge in [-0.2, -0.15) is 0 Å². The van der Waals surface area contributed by atoms with Crippen LogP contribution in [0.5, 0.6) is 0 Å². The van der Waals surface area contributed by atoms with Gasteiger partial charge >= 0.3 is 0 Å². The van der Waals surface area contributed by atoms with E-state index in [-0.39, 0.29) is 18.5 Å². The predicted molar refractivity (Wildman–Crippen MR) is 62.0 cm³/mol. The molecule has 2 atom stereocenters. The molecule has 0 fully saturated rings. The van der Waals surface area contributed by atoms with Gasteiger partial charge in [-0.25, -0.2) is 4.39 Å². The van der Waals surface area contributed by atoms with Crippen LogP contribution < -0.4 is 4.90 Å². The number of hydrogen-bond donors (Lipinski definition) is 2. The number of aliphatic hydroxyl groups excluding tert-OH is 2. The van der Waals surface area contributed by atoms with E-state index >= 15 is 0 Å². The van der Waals surface area contributed by atoms with E-state index in [1.165, 1.54) is 6.07 Å². The van der Waals surface area contributed by atoms with E-state index in [4.69, 9.17) is 5.11 Å². The highest BCUT2D eigenvalue weighted by molar-refractivity contribution is 5.55. The van der Waals surface area contributed by atoms with Crippen molar-refractivity contribution in [2.75, 3.05) is 18.6 Å². The first-order valence-electron chi connectivity index (χ1n) is 5.29. The molecule has 3 nitrogen and oxygen atoms in total. The standard InChI is InChI=1S/C12H18FNO2/c1-8(7-15)14(3)12-10(9(2)16)5-4-6-11(12)13/h4-6,8-9,15-16H,7H2,1-3H3. The van der Waals surface area contributed by atoms with E-state index in [0.29, 0.717) is 11.3 Å². The minimum absolute atomic E-state index is 0.0654. The second kappa shape index (κ2) is 5.27. The molecule has 0 bridgehead atoms. The van der Waals surface area contributed by atoms with Crippen LogP contribution in [0.1, 0.15) is 25.5 Å². The summed E-state index contributed by atoms with van der Waals surface area (Å²) in [6.07, 6.45) is -0.737. The quantitative estimate of drug-likeness (QED) is 0.822. The predicted octanol–water partition coefficient (Wildman–Crippen LogP) is 1.70. The molecule has 2 N–H and O–H groups in total. The molecule has 16 heavy (non-hydrogen) atoms. The van der Waals surface area contributed by atoms with Crippen molar-refractivity contribution in [1.82, 2.24) is 0 Å². The summed E-state index contributed by atoms with van der Waals surface area (Å²) in [6.45, 7) is 3.32. The summed E-state index contributed by atoms with van der Waals surface area (Å²) in [6, 6.07) is 4.40. The maximum absolute atomic E-state index is 13.7. The largest absolute Gasteiger partial charge is 0.394 e. The van der Waals surface area contributed by atoms with Crippen molar-refractivity contribution in [1.29, 1.82) is 0 Å². The molecule has 0 saturated heterocycles. The van der Waals surface area contributed by atoms with Crippen LogP contribution >= 0.6 is 0 Å². The van der Waals surface area contributed by atoms with Gasteiger partial charge in [-0.05, 0) is 19.9 Å². The number of nitrogens with zero attached hydrogens (tertiary/aromatic N) is 1. The number of halogens is 1. The Balaban J connectivity index is 3.19. The van der Waals surface area contributed by atoms with Crippen LogP contribution in [-0.2, 0) is 0 Å². The summed E-state index contributed by atoms with van der Waals surface area (Å²) in [5, 5.41) is 18.6. The summed E-state index contributed by atoms with van der Waals surface area (Å²) in [7, 11) is 1.70. The van der Waals surface area contributed by atoms with E-state index in [0.717, 1.165) is 0 Å². The molecule has 2 unspecified atom stereocenters. The smallest absolute Gasteiger partial charge is 0.146 e. The maximum atomic E-state index is 13.7. The summed E-state index contributed by atoms with van der Waals surface area (Å²) in [5.41, 5.74) is 0.877. The van der Waals surface area contributed by atoms with E-state index in [9.17, 15) is 9.50 Å². The fourth-order valence-corrected chi connectivity index (χ4v) is 1.58. The lowest BCUT2D eigenvalue weighted by Crippen LogP contribution is -2.33. The van der Waals surface area contributed by atoms with Crippen molar-refractivity contribution in [2.45, 2.75) is 26.0 Å². The van der Waals surface area contributed by atoms with Crippen LogP contribution in [0.25, 0.3) is 0 Å². The highest BCUT2D eigenvalue weighted by Crippen LogP contribution is 2.29. The van der Waals surface area contributed by atoms with Gasteiger partial charge in [-0.3, -0.25) is 0 Å². The molecule has 0 aliphatic carbocycles. The van der Waals surface area contributed by atoms with Crippen LogP contribution in [0.3, 0.4) is 0 Å². The van der Waals surface area contributed by atoms with Gasteiger partial charge in [0.1, 0.15) is 5.82 Å². The summed E-state index contributed by atoms with van der Waals surface area (Å²) >= 11 is 0. The van der Waals surface area contributed by atoms with Crippen LogP contribution in [0.4, 0.5) is 10.1 Å². The Labute approximate surface area is 95.1 Å². The average Bonchev–Trinajstić information content (AvgIpc) is 2.26. The SMILES string of the molecule is CC(O)c1cccc(F)c1N(C)C(C)CO. The molecule has 0 spiro atoms. The molecular weight excluding hydrogens is 209 g/mol. The molecule has 0 amide bonds. The third kappa shape index (κ3) is 2.51. The van der Waals surface area contributed by atoms with Crippen molar-refractivity contribution in [2.24, 2.45) is 0 Å². The molecule has 0 aromatic heterocycles. The Morgan fingerprint density at radius 3 is 2.50 bits per heavy atom. The van der Waals surface area contributed by atoms with E-state index in [1.54, 1.807) is 37.9 Å². The lowest BCUT2D eigenvalue weighted by molar-refractivity contribution is 0.198. The van der Waals surface area contributed by atoms with Gasteiger partial charge in [0, 0.05) is 18.7 Å². The minimum atomic E-state index is -0.737. The van der Waals surface area contributed by atoms with Gasteiger partial charge in [0.25, 0.3) is 0 Å². The molecule has 4 heteroatoms. The zero-order valence-corrected chi connectivity index (χ0v) is 9.81. The summed E-state index contributed by atoms with van der Waals surface area (Å²) in [4.78, 5) is 1.64. The molecule has 0 heterocycles. The van der Waals surface area contributed by atoms with Crippen molar-refractivity contribution in [3.8, 4) is 0 Å².